The number of likely N-dealkylation sites (tertiary alicyclic amines) is 1. The van der Waals surface area contributed by atoms with Gasteiger partial charge in [0, 0.05) is 12.6 Å². The van der Waals surface area contributed by atoms with Crippen molar-refractivity contribution in [2.45, 2.75) is 65.0 Å². The molecule has 1 aliphatic rings. The third-order valence-corrected chi connectivity index (χ3v) is 4.65. The summed E-state index contributed by atoms with van der Waals surface area (Å²) in [4.78, 5) is 14.6. The van der Waals surface area contributed by atoms with Crippen LogP contribution in [-0.4, -0.2) is 49.2 Å². The molecular formula is C16H32N2O2. The first-order valence-corrected chi connectivity index (χ1v) is 8.03. The van der Waals surface area contributed by atoms with Gasteiger partial charge in [-0.2, -0.15) is 0 Å². The molecule has 1 aliphatic heterocycles. The van der Waals surface area contributed by atoms with E-state index in [1.807, 2.05) is 20.9 Å². The van der Waals surface area contributed by atoms with Crippen LogP contribution in [0.25, 0.3) is 0 Å². The SMILES string of the molecule is CCOC(=O)C(C)(CCCN1CC(C)CCC1C)NC. The summed E-state index contributed by atoms with van der Waals surface area (Å²) in [5.41, 5.74) is -0.555. The molecule has 3 atom stereocenters. The number of ether oxygens (including phenoxy) is 1. The van der Waals surface area contributed by atoms with Crippen molar-refractivity contribution in [3.8, 4) is 0 Å². The number of carbonyl (C=O) groups excluding carboxylic acids is 1. The van der Waals surface area contributed by atoms with E-state index in [0.717, 1.165) is 25.3 Å². The minimum Gasteiger partial charge on any atom is -0.465 e. The Morgan fingerprint density at radius 1 is 1.40 bits per heavy atom. The molecule has 0 aromatic heterocycles. The van der Waals surface area contributed by atoms with E-state index in [9.17, 15) is 4.79 Å². The molecule has 1 rings (SSSR count). The molecule has 0 amide bonds. The average Bonchev–Trinajstić information content (AvgIpc) is 2.42. The lowest BCUT2D eigenvalue weighted by atomic mass is 9.93. The van der Waals surface area contributed by atoms with E-state index < -0.39 is 5.54 Å². The molecule has 1 saturated heterocycles. The smallest absolute Gasteiger partial charge is 0.326 e. The fraction of sp³-hybridized carbons (Fsp3) is 0.938. The van der Waals surface area contributed by atoms with Crippen molar-refractivity contribution in [3.63, 3.8) is 0 Å². The third-order valence-electron chi connectivity index (χ3n) is 4.65. The monoisotopic (exact) mass is 284 g/mol. The van der Waals surface area contributed by atoms with Gasteiger partial charge in [-0.1, -0.05) is 6.92 Å². The van der Waals surface area contributed by atoms with E-state index in [1.165, 1.54) is 19.4 Å². The summed E-state index contributed by atoms with van der Waals surface area (Å²) in [6.07, 6.45) is 4.48. The van der Waals surface area contributed by atoms with Crippen LogP contribution in [0.3, 0.4) is 0 Å². The molecule has 0 aromatic carbocycles. The fourth-order valence-corrected chi connectivity index (χ4v) is 2.95. The Kier molecular flexibility index (Phi) is 6.96. The quantitative estimate of drug-likeness (QED) is 0.729. The fourth-order valence-electron chi connectivity index (χ4n) is 2.95. The van der Waals surface area contributed by atoms with Crippen molar-refractivity contribution >= 4 is 5.97 Å². The van der Waals surface area contributed by atoms with Crippen LogP contribution in [0, 0.1) is 5.92 Å². The first-order chi connectivity index (χ1) is 9.42. The minimum absolute atomic E-state index is 0.137. The summed E-state index contributed by atoms with van der Waals surface area (Å²) in [5, 5.41) is 3.13. The van der Waals surface area contributed by atoms with Crippen molar-refractivity contribution in [2.24, 2.45) is 5.92 Å². The molecule has 0 saturated carbocycles. The Morgan fingerprint density at radius 2 is 2.10 bits per heavy atom. The standard InChI is InChI=1S/C16H32N2O2/c1-6-20-15(19)16(4,17-5)10-7-11-18-12-13(2)8-9-14(18)3/h13-14,17H,6-12H2,1-5H3. The minimum atomic E-state index is -0.555. The van der Waals surface area contributed by atoms with Crippen molar-refractivity contribution in [3.05, 3.63) is 0 Å². The zero-order chi connectivity index (χ0) is 15.2. The van der Waals surface area contributed by atoms with Gasteiger partial charge in [-0.15, -0.1) is 0 Å². The van der Waals surface area contributed by atoms with Gasteiger partial charge in [0.2, 0.25) is 0 Å². The van der Waals surface area contributed by atoms with Gasteiger partial charge in [0.1, 0.15) is 5.54 Å². The summed E-state index contributed by atoms with van der Waals surface area (Å²) < 4.78 is 5.16. The first kappa shape index (κ1) is 17.4. The highest BCUT2D eigenvalue weighted by Crippen LogP contribution is 2.22. The first-order valence-electron chi connectivity index (χ1n) is 8.03. The van der Waals surface area contributed by atoms with Crippen LogP contribution in [0.4, 0.5) is 0 Å². The maximum atomic E-state index is 12.0. The lowest BCUT2D eigenvalue weighted by Gasteiger charge is -2.37. The number of hydrogen-bond acceptors (Lipinski definition) is 4. The number of nitrogens with zero attached hydrogens (tertiary/aromatic N) is 1. The van der Waals surface area contributed by atoms with E-state index in [2.05, 4.69) is 24.1 Å². The van der Waals surface area contributed by atoms with Gasteiger partial charge >= 0.3 is 5.97 Å². The molecule has 4 nitrogen and oxygen atoms in total. The maximum Gasteiger partial charge on any atom is 0.326 e. The lowest BCUT2D eigenvalue weighted by molar-refractivity contribution is -0.150. The summed E-state index contributed by atoms with van der Waals surface area (Å²) in [6.45, 7) is 11.1. The number of hydrogen-bond donors (Lipinski definition) is 1. The normalized spacial score (nSPS) is 27.1. The summed E-state index contributed by atoms with van der Waals surface area (Å²) in [6, 6.07) is 0.676. The molecule has 20 heavy (non-hydrogen) atoms. The Bertz CT molecular complexity index is 309. The second-order valence-electron chi connectivity index (χ2n) is 6.43. The van der Waals surface area contributed by atoms with Gasteiger partial charge in [-0.3, -0.25) is 4.79 Å². The molecule has 1 N–H and O–H groups in total. The Labute approximate surface area is 124 Å². The number of carbonyl (C=O) groups is 1. The molecule has 4 heteroatoms. The maximum absolute atomic E-state index is 12.0. The van der Waals surface area contributed by atoms with Crippen molar-refractivity contribution < 1.29 is 9.53 Å². The molecule has 0 aromatic rings. The van der Waals surface area contributed by atoms with E-state index in [4.69, 9.17) is 4.74 Å². The van der Waals surface area contributed by atoms with E-state index in [-0.39, 0.29) is 5.97 Å². The van der Waals surface area contributed by atoms with Gasteiger partial charge in [0.25, 0.3) is 0 Å². The number of piperidine rings is 1. The summed E-state index contributed by atoms with van der Waals surface area (Å²) in [7, 11) is 1.84. The van der Waals surface area contributed by atoms with Gasteiger partial charge in [0.05, 0.1) is 6.61 Å². The van der Waals surface area contributed by atoms with Gasteiger partial charge < -0.3 is 15.0 Å². The van der Waals surface area contributed by atoms with Crippen LogP contribution in [0.15, 0.2) is 0 Å². The zero-order valence-corrected chi connectivity index (χ0v) is 13.9. The highest BCUT2D eigenvalue weighted by atomic mass is 16.5. The molecule has 0 radical (unpaired) electrons. The van der Waals surface area contributed by atoms with Crippen molar-refractivity contribution in [1.82, 2.24) is 10.2 Å². The highest BCUT2D eigenvalue weighted by Gasteiger charge is 2.33. The predicted octanol–water partition coefficient (Wildman–Crippen LogP) is 2.43. The molecule has 0 spiro atoms. The molecule has 1 fully saturated rings. The molecule has 0 aliphatic carbocycles. The van der Waals surface area contributed by atoms with Crippen LogP contribution < -0.4 is 5.32 Å². The average molecular weight is 284 g/mol. The lowest BCUT2D eigenvalue weighted by Crippen LogP contribution is -2.49. The van der Waals surface area contributed by atoms with Crippen LogP contribution in [0.5, 0.6) is 0 Å². The number of likely N-dealkylation sites (N-methyl/N-ethyl adjacent to an activating group) is 1. The largest absolute Gasteiger partial charge is 0.465 e. The summed E-state index contributed by atoms with van der Waals surface area (Å²) >= 11 is 0. The number of esters is 1. The Morgan fingerprint density at radius 3 is 2.70 bits per heavy atom. The molecular weight excluding hydrogens is 252 g/mol. The van der Waals surface area contributed by atoms with Gasteiger partial charge in [-0.05, 0) is 66.0 Å². The molecule has 1 heterocycles. The zero-order valence-electron chi connectivity index (χ0n) is 13.9. The topological polar surface area (TPSA) is 41.6 Å². The van der Waals surface area contributed by atoms with Crippen LogP contribution in [0.1, 0.15) is 53.4 Å². The van der Waals surface area contributed by atoms with Crippen LogP contribution in [0.2, 0.25) is 0 Å². The Balaban J connectivity index is 2.42. The van der Waals surface area contributed by atoms with E-state index >= 15 is 0 Å². The summed E-state index contributed by atoms with van der Waals surface area (Å²) in [5.74, 6) is 0.662. The van der Waals surface area contributed by atoms with Crippen molar-refractivity contribution in [2.75, 3.05) is 26.7 Å². The van der Waals surface area contributed by atoms with Crippen LogP contribution >= 0.6 is 0 Å². The Hall–Kier alpha value is -0.610. The second kappa shape index (κ2) is 7.99. The molecule has 3 unspecified atom stereocenters. The van der Waals surface area contributed by atoms with E-state index in [1.54, 1.807) is 0 Å². The second-order valence-corrected chi connectivity index (χ2v) is 6.43. The van der Waals surface area contributed by atoms with Gasteiger partial charge in [-0.25, -0.2) is 0 Å². The molecule has 0 bridgehead atoms. The third kappa shape index (κ3) is 4.74. The highest BCUT2D eigenvalue weighted by molar-refractivity contribution is 5.80. The number of nitrogens with one attached hydrogen (secondary N) is 1. The molecule has 118 valence electrons. The van der Waals surface area contributed by atoms with Crippen LogP contribution in [-0.2, 0) is 9.53 Å². The number of rotatable bonds is 7. The van der Waals surface area contributed by atoms with E-state index in [0.29, 0.717) is 12.6 Å². The van der Waals surface area contributed by atoms with Gasteiger partial charge in [0.15, 0.2) is 0 Å². The predicted molar refractivity (Wildman–Crippen MR) is 82.8 cm³/mol. The van der Waals surface area contributed by atoms with Crippen molar-refractivity contribution in [1.29, 1.82) is 0 Å².